The second-order valence-electron chi connectivity index (χ2n) is 5.25. The molecule has 3 rings (SSSR count). The molecule has 0 unspecified atom stereocenters. The van der Waals surface area contributed by atoms with Gasteiger partial charge >= 0.3 is 0 Å². The average Bonchev–Trinajstić information content (AvgIpc) is 3.15. The molecule has 108 valence electrons. The fourth-order valence-corrected chi connectivity index (χ4v) is 3.17. The summed E-state index contributed by atoms with van der Waals surface area (Å²) < 4.78 is 6.80. The van der Waals surface area contributed by atoms with Crippen LogP contribution < -0.4 is 4.74 Å². The zero-order chi connectivity index (χ0) is 14.8. The van der Waals surface area contributed by atoms with E-state index in [1.807, 2.05) is 24.3 Å². The van der Waals surface area contributed by atoms with Crippen LogP contribution in [0.25, 0.3) is 5.69 Å². The molecule has 1 heterocycles. The highest BCUT2D eigenvalue weighted by molar-refractivity contribution is 6.31. The van der Waals surface area contributed by atoms with Gasteiger partial charge in [-0.15, -0.1) is 0 Å². The number of rotatable bonds is 3. The van der Waals surface area contributed by atoms with Crippen LogP contribution in [0.1, 0.15) is 42.9 Å². The number of hydrogen-bond acceptors (Lipinski definition) is 3. The molecule has 0 saturated heterocycles. The Morgan fingerprint density at radius 3 is 2.52 bits per heavy atom. The molecule has 0 amide bonds. The summed E-state index contributed by atoms with van der Waals surface area (Å²) in [7, 11) is 1.63. The van der Waals surface area contributed by atoms with E-state index in [0.717, 1.165) is 30.0 Å². The molecule has 4 nitrogen and oxygen atoms in total. The van der Waals surface area contributed by atoms with Gasteiger partial charge in [-0.25, -0.2) is 4.68 Å². The lowest BCUT2D eigenvalue weighted by Crippen LogP contribution is -1.99. The molecule has 0 aliphatic heterocycles. The van der Waals surface area contributed by atoms with Crippen molar-refractivity contribution in [2.75, 3.05) is 7.11 Å². The topological polar surface area (TPSA) is 50.8 Å². The lowest BCUT2D eigenvalue weighted by molar-refractivity contribution is 0.414. The van der Waals surface area contributed by atoms with E-state index in [0.29, 0.717) is 16.6 Å². The lowest BCUT2D eigenvalue weighted by atomic mass is 10.0. The molecule has 0 spiro atoms. The monoisotopic (exact) mass is 301 g/mol. The van der Waals surface area contributed by atoms with Gasteiger partial charge in [0.05, 0.1) is 18.5 Å². The van der Waals surface area contributed by atoms with Crippen molar-refractivity contribution in [1.82, 2.24) is 9.78 Å². The molecule has 0 radical (unpaired) electrons. The van der Waals surface area contributed by atoms with Crippen molar-refractivity contribution >= 4 is 11.6 Å². The number of methoxy groups -OCH3 is 1. The van der Waals surface area contributed by atoms with Gasteiger partial charge in [0.2, 0.25) is 0 Å². The number of nitrogens with zero attached hydrogens (tertiary/aromatic N) is 3. The van der Waals surface area contributed by atoms with Crippen LogP contribution in [-0.2, 0) is 0 Å². The van der Waals surface area contributed by atoms with E-state index in [1.54, 1.807) is 11.8 Å². The third kappa shape index (κ3) is 2.50. The molecule has 1 aromatic heterocycles. The summed E-state index contributed by atoms with van der Waals surface area (Å²) >= 11 is 6.36. The Balaban J connectivity index is 2.04. The number of ether oxygens (including phenoxy) is 1. The maximum absolute atomic E-state index is 9.39. The van der Waals surface area contributed by atoms with Gasteiger partial charge in [0.15, 0.2) is 5.15 Å². The second kappa shape index (κ2) is 5.79. The Morgan fingerprint density at radius 2 is 1.95 bits per heavy atom. The highest BCUT2D eigenvalue weighted by Gasteiger charge is 2.26. The number of nitriles is 1. The first kappa shape index (κ1) is 14.0. The van der Waals surface area contributed by atoms with Crippen molar-refractivity contribution < 1.29 is 4.74 Å². The van der Waals surface area contributed by atoms with Crippen LogP contribution in [-0.4, -0.2) is 16.9 Å². The first-order valence-corrected chi connectivity index (χ1v) is 7.45. The molecule has 0 bridgehead atoms. The van der Waals surface area contributed by atoms with Gasteiger partial charge in [0.1, 0.15) is 17.4 Å². The zero-order valence-corrected chi connectivity index (χ0v) is 12.6. The van der Waals surface area contributed by atoms with E-state index < -0.39 is 0 Å². The van der Waals surface area contributed by atoms with Gasteiger partial charge < -0.3 is 4.74 Å². The van der Waals surface area contributed by atoms with Gasteiger partial charge in [0, 0.05) is 5.92 Å². The summed E-state index contributed by atoms with van der Waals surface area (Å²) in [6, 6.07) is 9.70. The maximum Gasteiger partial charge on any atom is 0.150 e. The SMILES string of the molecule is COc1ccc(-n2nc(C3CCCC3)c(C#N)c2Cl)cc1. The van der Waals surface area contributed by atoms with Gasteiger partial charge in [0.25, 0.3) is 0 Å². The quantitative estimate of drug-likeness (QED) is 0.859. The van der Waals surface area contributed by atoms with E-state index in [-0.39, 0.29) is 0 Å². The Hall–Kier alpha value is -1.99. The molecule has 1 aliphatic carbocycles. The largest absolute Gasteiger partial charge is 0.497 e. The fraction of sp³-hybridized carbons (Fsp3) is 0.375. The summed E-state index contributed by atoms with van der Waals surface area (Å²) in [6.07, 6.45) is 4.57. The number of halogens is 1. The van der Waals surface area contributed by atoms with E-state index >= 15 is 0 Å². The minimum atomic E-state index is 0.358. The van der Waals surface area contributed by atoms with Crippen LogP contribution in [0.4, 0.5) is 0 Å². The standard InChI is InChI=1S/C16H16ClN3O/c1-21-13-8-6-12(7-9-13)20-16(17)14(10-18)15(19-20)11-4-2-3-5-11/h6-9,11H,2-5H2,1H3. The summed E-state index contributed by atoms with van der Waals surface area (Å²) in [5.41, 5.74) is 2.19. The summed E-state index contributed by atoms with van der Waals surface area (Å²) in [5, 5.41) is 14.4. The molecular formula is C16H16ClN3O. The molecule has 21 heavy (non-hydrogen) atoms. The highest BCUT2D eigenvalue weighted by atomic mass is 35.5. The minimum absolute atomic E-state index is 0.358. The van der Waals surface area contributed by atoms with E-state index in [9.17, 15) is 5.26 Å². The molecular weight excluding hydrogens is 286 g/mol. The average molecular weight is 302 g/mol. The van der Waals surface area contributed by atoms with Crippen LogP contribution in [0.15, 0.2) is 24.3 Å². The molecule has 1 fully saturated rings. The van der Waals surface area contributed by atoms with Gasteiger partial charge in [-0.2, -0.15) is 10.4 Å². The first-order valence-electron chi connectivity index (χ1n) is 7.07. The first-order chi connectivity index (χ1) is 10.2. The van der Waals surface area contributed by atoms with Crippen LogP contribution >= 0.6 is 11.6 Å². The summed E-state index contributed by atoms with van der Waals surface area (Å²) in [4.78, 5) is 0. The molecule has 5 heteroatoms. The molecule has 1 aromatic carbocycles. The summed E-state index contributed by atoms with van der Waals surface area (Å²) in [6.45, 7) is 0. The zero-order valence-electron chi connectivity index (χ0n) is 11.8. The van der Waals surface area contributed by atoms with Crippen molar-refractivity contribution in [3.05, 3.63) is 40.7 Å². The lowest BCUT2D eigenvalue weighted by Gasteiger charge is -2.06. The fourth-order valence-electron chi connectivity index (χ4n) is 2.90. The molecule has 0 N–H and O–H groups in total. The Morgan fingerprint density at radius 1 is 1.29 bits per heavy atom. The van der Waals surface area contributed by atoms with Gasteiger partial charge in [-0.3, -0.25) is 0 Å². The number of benzene rings is 1. The van der Waals surface area contributed by atoms with E-state index in [1.165, 1.54) is 12.8 Å². The smallest absolute Gasteiger partial charge is 0.150 e. The third-order valence-electron chi connectivity index (χ3n) is 4.03. The maximum atomic E-state index is 9.39. The second-order valence-corrected chi connectivity index (χ2v) is 5.61. The molecule has 0 atom stereocenters. The van der Waals surface area contributed by atoms with Crippen LogP contribution in [0.3, 0.4) is 0 Å². The molecule has 1 aliphatic rings. The molecule has 2 aromatic rings. The summed E-state index contributed by atoms with van der Waals surface area (Å²) in [5.74, 6) is 1.13. The number of hydrogen-bond donors (Lipinski definition) is 0. The van der Waals surface area contributed by atoms with Gasteiger partial charge in [-0.05, 0) is 37.1 Å². The highest BCUT2D eigenvalue weighted by Crippen LogP contribution is 2.37. The number of aromatic nitrogens is 2. The van der Waals surface area contributed by atoms with Crippen molar-refractivity contribution in [1.29, 1.82) is 5.26 Å². The van der Waals surface area contributed by atoms with Crippen LogP contribution in [0.5, 0.6) is 5.75 Å². The molecule has 1 saturated carbocycles. The van der Waals surface area contributed by atoms with Crippen LogP contribution in [0.2, 0.25) is 5.15 Å². The van der Waals surface area contributed by atoms with E-state index in [4.69, 9.17) is 16.3 Å². The van der Waals surface area contributed by atoms with E-state index in [2.05, 4.69) is 11.2 Å². The van der Waals surface area contributed by atoms with Crippen molar-refractivity contribution in [3.8, 4) is 17.5 Å². The van der Waals surface area contributed by atoms with Crippen LogP contribution in [0, 0.1) is 11.3 Å². The third-order valence-corrected chi connectivity index (χ3v) is 4.38. The van der Waals surface area contributed by atoms with Crippen molar-refractivity contribution in [2.45, 2.75) is 31.6 Å². The minimum Gasteiger partial charge on any atom is -0.497 e. The van der Waals surface area contributed by atoms with Crippen molar-refractivity contribution in [2.24, 2.45) is 0 Å². The Labute approximate surface area is 128 Å². The van der Waals surface area contributed by atoms with Crippen molar-refractivity contribution in [3.63, 3.8) is 0 Å². The predicted octanol–water partition coefficient (Wildman–Crippen LogP) is 4.06. The normalized spacial score (nSPS) is 15.1. The Kier molecular flexibility index (Phi) is 3.85. The predicted molar refractivity (Wildman–Crippen MR) is 81.1 cm³/mol. The Bertz CT molecular complexity index is 679. The van der Waals surface area contributed by atoms with Gasteiger partial charge in [-0.1, -0.05) is 24.4 Å².